The number of carbonyl (C=O) groups is 3. The van der Waals surface area contributed by atoms with Crippen LogP contribution < -0.4 is 16.0 Å². The summed E-state index contributed by atoms with van der Waals surface area (Å²) in [5, 5.41) is 0. The fraction of sp³-hybridized carbons (Fsp3) is 0.438. The predicted octanol–water partition coefficient (Wildman–Crippen LogP) is -0.575. The van der Waals surface area contributed by atoms with E-state index in [0.717, 1.165) is 5.56 Å². The second-order valence-electron chi connectivity index (χ2n) is 5.61. The van der Waals surface area contributed by atoms with Gasteiger partial charge < -0.3 is 14.5 Å². The summed E-state index contributed by atoms with van der Waals surface area (Å²) in [5.74, 6) is 4.68. The molecule has 0 aromatic heterocycles. The molecule has 0 atom stereocenters. The minimum Gasteiger partial charge on any atom is -0.484 e. The molecule has 1 saturated heterocycles. The van der Waals surface area contributed by atoms with Crippen molar-refractivity contribution in [1.29, 1.82) is 0 Å². The van der Waals surface area contributed by atoms with Gasteiger partial charge in [0.05, 0.1) is 0 Å². The van der Waals surface area contributed by atoms with Crippen LogP contribution in [0.4, 0.5) is 0 Å². The van der Waals surface area contributed by atoms with Gasteiger partial charge in [-0.25, -0.2) is 5.84 Å². The van der Waals surface area contributed by atoms with E-state index in [1.54, 1.807) is 9.80 Å². The molecule has 1 aliphatic rings. The van der Waals surface area contributed by atoms with Crippen LogP contribution in [0.5, 0.6) is 5.75 Å². The minimum atomic E-state index is -0.523. The summed E-state index contributed by atoms with van der Waals surface area (Å²) in [6.07, 6.45) is -0.277. The first-order valence-electron chi connectivity index (χ1n) is 7.74. The SMILES string of the molecule is Cc1ccc(OCC(=O)N2CCN(C(=O)CC(=O)NN)CC2)cc1. The van der Waals surface area contributed by atoms with Crippen molar-refractivity contribution < 1.29 is 19.1 Å². The Bertz CT molecular complexity index is 595. The molecule has 2 rings (SSSR count). The van der Waals surface area contributed by atoms with Gasteiger partial charge in [-0.1, -0.05) is 17.7 Å². The van der Waals surface area contributed by atoms with Crippen molar-refractivity contribution in [3.8, 4) is 5.75 Å². The largest absolute Gasteiger partial charge is 0.484 e. The first-order chi connectivity index (χ1) is 11.5. The van der Waals surface area contributed by atoms with E-state index in [0.29, 0.717) is 31.9 Å². The molecule has 0 unspecified atom stereocenters. The molecule has 3 amide bonds. The van der Waals surface area contributed by atoms with Crippen molar-refractivity contribution in [2.24, 2.45) is 5.84 Å². The maximum Gasteiger partial charge on any atom is 0.260 e. The molecule has 1 aromatic rings. The van der Waals surface area contributed by atoms with Crippen molar-refractivity contribution in [2.75, 3.05) is 32.8 Å². The number of nitrogens with two attached hydrogens (primary N) is 1. The van der Waals surface area contributed by atoms with Gasteiger partial charge in [0, 0.05) is 26.2 Å². The van der Waals surface area contributed by atoms with E-state index < -0.39 is 5.91 Å². The Kier molecular flexibility index (Phi) is 6.14. The minimum absolute atomic E-state index is 0.0351. The molecular formula is C16H22N4O4. The Labute approximate surface area is 140 Å². The number of hydrogen-bond acceptors (Lipinski definition) is 5. The number of amides is 3. The number of ether oxygens (including phenoxy) is 1. The Balaban J connectivity index is 1.75. The number of aryl methyl sites for hydroxylation is 1. The molecule has 0 radical (unpaired) electrons. The summed E-state index contributed by atoms with van der Waals surface area (Å²) < 4.78 is 5.48. The Morgan fingerprint density at radius 1 is 1.04 bits per heavy atom. The number of nitrogens with zero attached hydrogens (tertiary/aromatic N) is 2. The van der Waals surface area contributed by atoms with E-state index in [-0.39, 0.29) is 24.8 Å². The maximum absolute atomic E-state index is 12.2. The molecule has 24 heavy (non-hydrogen) atoms. The van der Waals surface area contributed by atoms with Crippen LogP contribution in [-0.4, -0.2) is 60.3 Å². The number of nitrogens with one attached hydrogen (secondary N) is 1. The number of hydrazine groups is 1. The molecule has 0 bridgehead atoms. The van der Waals surface area contributed by atoms with Crippen LogP contribution in [0.1, 0.15) is 12.0 Å². The van der Waals surface area contributed by atoms with E-state index in [1.807, 2.05) is 36.6 Å². The smallest absolute Gasteiger partial charge is 0.260 e. The normalized spacial score (nSPS) is 14.2. The predicted molar refractivity (Wildman–Crippen MR) is 86.8 cm³/mol. The Morgan fingerprint density at radius 3 is 2.12 bits per heavy atom. The van der Waals surface area contributed by atoms with Gasteiger partial charge in [-0.05, 0) is 19.1 Å². The number of carbonyl (C=O) groups excluding carboxylic acids is 3. The van der Waals surface area contributed by atoms with Crippen LogP contribution in [-0.2, 0) is 14.4 Å². The molecule has 8 nitrogen and oxygen atoms in total. The van der Waals surface area contributed by atoms with Crippen LogP contribution in [0.15, 0.2) is 24.3 Å². The number of piperazine rings is 1. The van der Waals surface area contributed by atoms with Crippen molar-refractivity contribution in [2.45, 2.75) is 13.3 Å². The topological polar surface area (TPSA) is 105 Å². The Hall–Kier alpha value is -2.61. The molecule has 3 N–H and O–H groups in total. The third kappa shape index (κ3) is 4.95. The molecule has 1 aliphatic heterocycles. The van der Waals surface area contributed by atoms with Crippen LogP contribution >= 0.6 is 0 Å². The monoisotopic (exact) mass is 334 g/mol. The van der Waals surface area contributed by atoms with Gasteiger partial charge in [0.15, 0.2) is 6.61 Å². The van der Waals surface area contributed by atoms with Gasteiger partial charge in [0.2, 0.25) is 11.8 Å². The summed E-state index contributed by atoms with van der Waals surface area (Å²) in [6, 6.07) is 7.48. The molecule has 1 heterocycles. The van der Waals surface area contributed by atoms with Crippen LogP contribution in [0, 0.1) is 6.92 Å². The molecule has 0 saturated carbocycles. The number of benzene rings is 1. The lowest BCUT2D eigenvalue weighted by atomic mass is 10.2. The van der Waals surface area contributed by atoms with E-state index in [1.165, 1.54) is 0 Å². The van der Waals surface area contributed by atoms with Gasteiger partial charge in [-0.3, -0.25) is 19.8 Å². The third-order valence-corrected chi connectivity index (χ3v) is 3.84. The van der Waals surface area contributed by atoms with Crippen molar-refractivity contribution in [3.63, 3.8) is 0 Å². The van der Waals surface area contributed by atoms with Crippen molar-refractivity contribution in [3.05, 3.63) is 29.8 Å². The van der Waals surface area contributed by atoms with Crippen molar-refractivity contribution >= 4 is 17.7 Å². The molecule has 8 heteroatoms. The first-order valence-corrected chi connectivity index (χ1v) is 7.74. The second kappa shape index (κ2) is 8.30. The zero-order chi connectivity index (χ0) is 17.5. The molecule has 1 aromatic carbocycles. The lowest BCUT2D eigenvalue weighted by molar-refractivity contribution is -0.142. The highest BCUT2D eigenvalue weighted by atomic mass is 16.5. The quantitative estimate of drug-likeness (QED) is 0.325. The zero-order valence-corrected chi connectivity index (χ0v) is 13.7. The molecular weight excluding hydrogens is 312 g/mol. The van der Waals surface area contributed by atoms with Crippen LogP contribution in [0.3, 0.4) is 0 Å². The van der Waals surface area contributed by atoms with Gasteiger partial charge >= 0.3 is 0 Å². The molecule has 130 valence electrons. The van der Waals surface area contributed by atoms with E-state index in [4.69, 9.17) is 10.6 Å². The lowest BCUT2D eigenvalue weighted by Gasteiger charge is -2.34. The molecule has 1 fully saturated rings. The average molecular weight is 334 g/mol. The average Bonchev–Trinajstić information content (AvgIpc) is 2.61. The van der Waals surface area contributed by atoms with Crippen LogP contribution in [0.25, 0.3) is 0 Å². The maximum atomic E-state index is 12.2. The highest BCUT2D eigenvalue weighted by molar-refractivity contribution is 5.96. The molecule has 0 spiro atoms. The fourth-order valence-electron chi connectivity index (χ4n) is 2.38. The van der Waals surface area contributed by atoms with E-state index in [2.05, 4.69) is 0 Å². The third-order valence-electron chi connectivity index (χ3n) is 3.84. The second-order valence-corrected chi connectivity index (χ2v) is 5.61. The standard InChI is InChI=1S/C16H22N4O4/c1-12-2-4-13(5-3-12)24-11-16(23)20-8-6-19(7-9-20)15(22)10-14(21)18-17/h2-5H,6-11,17H2,1H3,(H,18,21). The molecule has 0 aliphatic carbocycles. The first kappa shape index (κ1) is 17.7. The fourth-order valence-corrected chi connectivity index (χ4v) is 2.38. The summed E-state index contributed by atoms with van der Waals surface area (Å²) in [5.41, 5.74) is 3.05. The highest BCUT2D eigenvalue weighted by Gasteiger charge is 2.25. The van der Waals surface area contributed by atoms with Gasteiger partial charge in [-0.2, -0.15) is 0 Å². The number of hydrogen-bond donors (Lipinski definition) is 2. The summed E-state index contributed by atoms with van der Waals surface area (Å²) in [4.78, 5) is 38.3. The number of rotatable bonds is 5. The highest BCUT2D eigenvalue weighted by Crippen LogP contribution is 2.12. The summed E-state index contributed by atoms with van der Waals surface area (Å²) in [6.45, 7) is 3.58. The summed E-state index contributed by atoms with van der Waals surface area (Å²) >= 11 is 0. The summed E-state index contributed by atoms with van der Waals surface area (Å²) in [7, 11) is 0. The van der Waals surface area contributed by atoms with Gasteiger partial charge in [-0.15, -0.1) is 0 Å². The van der Waals surface area contributed by atoms with Gasteiger partial charge in [0.1, 0.15) is 12.2 Å². The van der Waals surface area contributed by atoms with E-state index in [9.17, 15) is 14.4 Å². The zero-order valence-electron chi connectivity index (χ0n) is 13.7. The lowest BCUT2D eigenvalue weighted by Crippen LogP contribution is -2.52. The van der Waals surface area contributed by atoms with Crippen LogP contribution in [0.2, 0.25) is 0 Å². The van der Waals surface area contributed by atoms with E-state index >= 15 is 0 Å². The Morgan fingerprint density at radius 2 is 1.58 bits per heavy atom. The van der Waals surface area contributed by atoms with Crippen molar-refractivity contribution in [1.82, 2.24) is 15.2 Å². The van der Waals surface area contributed by atoms with Gasteiger partial charge in [0.25, 0.3) is 5.91 Å².